The molecule has 1 aliphatic rings. The van der Waals surface area contributed by atoms with Crippen molar-refractivity contribution in [2.45, 2.75) is 19.4 Å². The van der Waals surface area contributed by atoms with E-state index < -0.39 is 9.84 Å². The molecule has 0 aliphatic carbocycles. The Morgan fingerprint density at radius 2 is 2.04 bits per heavy atom. The molecule has 8 nitrogen and oxygen atoms in total. The molecule has 2 rings (SSSR count). The van der Waals surface area contributed by atoms with Gasteiger partial charge in [0.2, 0.25) is 0 Å². The van der Waals surface area contributed by atoms with Gasteiger partial charge in [-0.15, -0.1) is 0 Å². The quantitative estimate of drug-likeness (QED) is 0.549. The van der Waals surface area contributed by atoms with Crippen LogP contribution in [0.5, 0.6) is 0 Å². The number of quaternary nitrogens is 1. The first-order valence-electron chi connectivity index (χ1n) is 8.55. The molecule has 10 heteroatoms. The average Bonchev–Trinajstić information content (AvgIpc) is 2.92. The number of carbonyl (C=O) groups excluding carboxylic acids is 2. The Hall–Kier alpha value is -2.15. The van der Waals surface area contributed by atoms with Crippen molar-refractivity contribution < 1.29 is 22.9 Å². The van der Waals surface area contributed by atoms with Gasteiger partial charge in [0.1, 0.15) is 6.07 Å². The van der Waals surface area contributed by atoms with Crippen molar-refractivity contribution in [3.63, 3.8) is 0 Å². The van der Waals surface area contributed by atoms with Gasteiger partial charge in [0.05, 0.1) is 28.6 Å². The monoisotopic (exact) mass is 413 g/mol. The molecule has 0 saturated carbocycles. The van der Waals surface area contributed by atoms with E-state index >= 15 is 0 Å². The Labute approximate surface area is 163 Å². The first kappa shape index (κ1) is 21.2. The van der Waals surface area contributed by atoms with Crippen molar-refractivity contribution in [3.05, 3.63) is 28.8 Å². The van der Waals surface area contributed by atoms with Crippen molar-refractivity contribution in [3.8, 4) is 6.07 Å². The minimum absolute atomic E-state index is 0.0276. The smallest absolute Gasteiger partial charge is 0.279 e. The molecule has 27 heavy (non-hydrogen) atoms. The Morgan fingerprint density at radius 1 is 1.33 bits per heavy atom. The van der Waals surface area contributed by atoms with E-state index in [0.29, 0.717) is 24.2 Å². The number of carbonyl (C=O) groups is 2. The number of rotatable bonds is 7. The highest BCUT2D eigenvalue weighted by Crippen LogP contribution is 2.19. The summed E-state index contributed by atoms with van der Waals surface area (Å²) in [6.07, 6.45) is 0.426. The molecule has 1 unspecified atom stereocenters. The SMILES string of the molecule is CC[NH+](CC(=O)Nc1ccc(C#N)c(Cl)c1)CC(=O)N[C@@H]1CCS(=O)(=O)C1. The number of hydrogen-bond donors (Lipinski definition) is 3. The van der Waals surface area contributed by atoms with Gasteiger partial charge in [-0.2, -0.15) is 5.26 Å². The van der Waals surface area contributed by atoms with Gasteiger partial charge in [0, 0.05) is 11.7 Å². The molecule has 1 fully saturated rings. The van der Waals surface area contributed by atoms with E-state index in [4.69, 9.17) is 16.9 Å². The van der Waals surface area contributed by atoms with E-state index in [9.17, 15) is 18.0 Å². The fraction of sp³-hybridized carbons (Fsp3) is 0.471. The molecule has 1 saturated heterocycles. The molecule has 0 radical (unpaired) electrons. The number of amides is 2. The lowest BCUT2D eigenvalue weighted by molar-refractivity contribution is -0.881. The molecule has 1 aromatic rings. The fourth-order valence-corrected chi connectivity index (χ4v) is 4.74. The summed E-state index contributed by atoms with van der Waals surface area (Å²) in [5, 5.41) is 14.5. The van der Waals surface area contributed by atoms with Gasteiger partial charge in [-0.3, -0.25) is 9.59 Å². The molecular formula is C17H22ClN4O4S+. The van der Waals surface area contributed by atoms with Crippen molar-refractivity contribution >= 4 is 38.9 Å². The fourth-order valence-electron chi connectivity index (χ4n) is 2.84. The Bertz CT molecular complexity index is 866. The zero-order valence-corrected chi connectivity index (χ0v) is 16.5. The van der Waals surface area contributed by atoms with Crippen molar-refractivity contribution in [2.24, 2.45) is 0 Å². The van der Waals surface area contributed by atoms with Gasteiger partial charge in [-0.1, -0.05) is 11.6 Å². The third-order valence-electron chi connectivity index (χ3n) is 4.29. The maximum absolute atomic E-state index is 12.2. The van der Waals surface area contributed by atoms with Crippen LogP contribution >= 0.6 is 11.6 Å². The average molecular weight is 414 g/mol. The van der Waals surface area contributed by atoms with Gasteiger partial charge in [-0.25, -0.2) is 8.42 Å². The number of halogens is 1. The predicted molar refractivity (Wildman–Crippen MR) is 101 cm³/mol. The summed E-state index contributed by atoms with van der Waals surface area (Å²) in [6, 6.07) is 6.19. The van der Waals surface area contributed by atoms with E-state index in [1.165, 1.54) is 12.1 Å². The van der Waals surface area contributed by atoms with Gasteiger partial charge in [0.25, 0.3) is 11.8 Å². The number of nitrogens with one attached hydrogen (secondary N) is 3. The molecule has 0 spiro atoms. The summed E-state index contributed by atoms with van der Waals surface area (Å²) in [7, 11) is -3.05. The van der Waals surface area contributed by atoms with Crippen LogP contribution in [0.4, 0.5) is 5.69 Å². The van der Waals surface area contributed by atoms with E-state index in [2.05, 4.69) is 10.6 Å². The lowest BCUT2D eigenvalue weighted by Crippen LogP contribution is -3.14. The van der Waals surface area contributed by atoms with Crippen molar-refractivity contribution in [1.82, 2.24) is 5.32 Å². The second-order valence-corrected chi connectivity index (χ2v) is 9.12. The van der Waals surface area contributed by atoms with E-state index in [1.54, 1.807) is 6.07 Å². The highest BCUT2D eigenvalue weighted by Gasteiger charge is 2.29. The van der Waals surface area contributed by atoms with Crippen LogP contribution in [-0.2, 0) is 19.4 Å². The molecular weight excluding hydrogens is 392 g/mol. The first-order valence-corrected chi connectivity index (χ1v) is 10.7. The standard InChI is InChI=1S/C17H21ClN4O4S/c1-2-22(10-17(24)21-14-5-6-27(25,26)11-14)9-16(23)20-13-4-3-12(8-19)15(18)7-13/h3-4,7,14H,2,5-6,9-11H2,1H3,(H,20,23)(H,21,24)/p+1/t14-/m1/s1. The van der Waals surface area contributed by atoms with Crippen LogP contribution in [0.3, 0.4) is 0 Å². The van der Waals surface area contributed by atoms with E-state index in [0.717, 1.165) is 4.90 Å². The van der Waals surface area contributed by atoms with Crippen LogP contribution in [0.15, 0.2) is 18.2 Å². The van der Waals surface area contributed by atoms with Crippen LogP contribution in [-0.4, -0.2) is 57.4 Å². The highest BCUT2D eigenvalue weighted by atomic mass is 35.5. The van der Waals surface area contributed by atoms with Gasteiger partial charge < -0.3 is 15.5 Å². The summed E-state index contributed by atoms with van der Waals surface area (Å²) in [5.41, 5.74) is 0.793. The van der Waals surface area contributed by atoms with Crippen molar-refractivity contribution in [2.75, 3.05) is 36.5 Å². The third kappa shape index (κ3) is 6.50. The molecule has 146 valence electrons. The number of likely N-dealkylation sites (N-methyl/N-ethyl adjacent to an activating group) is 1. The molecule has 3 N–H and O–H groups in total. The Balaban J connectivity index is 1.85. The zero-order valence-electron chi connectivity index (χ0n) is 14.9. The van der Waals surface area contributed by atoms with Crippen LogP contribution in [0.25, 0.3) is 0 Å². The predicted octanol–water partition coefficient (Wildman–Crippen LogP) is -0.642. The largest absolute Gasteiger partial charge is 0.347 e. The molecule has 2 atom stereocenters. The number of nitriles is 1. The summed E-state index contributed by atoms with van der Waals surface area (Å²) >= 11 is 5.94. The Morgan fingerprint density at radius 3 is 2.59 bits per heavy atom. The lowest BCUT2D eigenvalue weighted by Gasteiger charge is -2.18. The number of hydrogen-bond acceptors (Lipinski definition) is 5. The second-order valence-electron chi connectivity index (χ2n) is 6.48. The normalized spacial score (nSPS) is 19.1. The molecule has 0 bridgehead atoms. The second kappa shape index (κ2) is 9.17. The summed E-state index contributed by atoms with van der Waals surface area (Å²) in [5.74, 6) is -0.495. The van der Waals surface area contributed by atoms with Gasteiger partial charge >= 0.3 is 0 Å². The maximum Gasteiger partial charge on any atom is 0.279 e. The van der Waals surface area contributed by atoms with Gasteiger partial charge in [-0.05, 0) is 31.5 Å². The zero-order chi connectivity index (χ0) is 20.0. The first-order chi connectivity index (χ1) is 12.7. The topological polar surface area (TPSA) is 121 Å². The van der Waals surface area contributed by atoms with Crippen LogP contribution in [0.1, 0.15) is 18.9 Å². The summed E-state index contributed by atoms with van der Waals surface area (Å²) in [6.45, 7) is 2.56. The summed E-state index contributed by atoms with van der Waals surface area (Å²) in [4.78, 5) is 25.1. The third-order valence-corrected chi connectivity index (χ3v) is 6.37. The Kier molecular flexibility index (Phi) is 7.18. The molecule has 1 heterocycles. The highest BCUT2D eigenvalue weighted by molar-refractivity contribution is 7.91. The molecule has 2 amide bonds. The number of nitrogens with zero attached hydrogens (tertiary/aromatic N) is 1. The lowest BCUT2D eigenvalue weighted by atomic mass is 10.2. The van der Waals surface area contributed by atoms with Crippen molar-refractivity contribution in [1.29, 1.82) is 5.26 Å². The molecule has 1 aliphatic heterocycles. The van der Waals surface area contributed by atoms with Crippen LogP contribution < -0.4 is 15.5 Å². The number of anilines is 1. The maximum atomic E-state index is 12.2. The van der Waals surface area contributed by atoms with Gasteiger partial charge in [0.15, 0.2) is 22.9 Å². The minimum Gasteiger partial charge on any atom is -0.347 e. The van der Waals surface area contributed by atoms with Crippen LogP contribution in [0.2, 0.25) is 5.02 Å². The number of benzene rings is 1. The van der Waals surface area contributed by atoms with E-state index in [-0.39, 0.29) is 47.5 Å². The van der Waals surface area contributed by atoms with Crippen LogP contribution in [0, 0.1) is 11.3 Å². The minimum atomic E-state index is -3.05. The molecule has 0 aromatic heterocycles. The molecule has 1 aromatic carbocycles. The number of sulfone groups is 1. The summed E-state index contributed by atoms with van der Waals surface area (Å²) < 4.78 is 22.9. The van der Waals surface area contributed by atoms with E-state index in [1.807, 2.05) is 13.0 Å².